The predicted molar refractivity (Wildman–Crippen MR) is 57.4 cm³/mol. The van der Waals surface area contributed by atoms with Crippen molar-refractivity contribution in [2.45, 2.75) is 12.7 Å². The van der Waals surface area contributed by atoms with Gasteiger partial charge in [0.15, 0.2) is 0 Å². The first-order chi connectivity index (χ1) is 7.88. The fourth-order valence-corrected chi connectivity index (χ4v) is 1.25. The Kier molecular flexibility index (Phi) is 3.95. The van der Waals surface area contributed by atoms with Crippen LogP contribution in [0.1, 0.15) is 11.1 Å². The second-order valence-corrected chi connectivity index (χ2v) is 3.29. The maximum atomic E-state index is 12.7. The Morgan fingerprint density at radius 3 is 2.53 bits per heavy atom. The van der Waals surface area contributed by atoms with Crippen molar-refractivity contribution in [1.29, 1.82) is 0 Å². The second kappa shape index (κ2) is 5.05. The number of halogens is 3. The number of benzene rings is 1. The van der Waals surface area contributed by atoms with E-state index in [-0.39, 0.29) is 12.2 Å². The van der Waals surface area contributed by atoms with E-state index < -0.39 is 17.8 Å². The first-order valence-corrected chi connectivity index (χ1v) is 4.77. The molecule has 1 aromatic carbocycles. The number of urea groups is 1. The van der Waals surface area contributed by atoms with Crippen molar-refractivity contribution in [3.63, 3.8) is 0 Å². The maximum Gasteiger partial charge on any atom is 0.418 e. The number of nitrogens with two attached hydrogens (primary N) is 1. The van der Waals surface area contributed by atoms with Crippen LogP contribution in [0, 0.1) is 0 Å². The fraction of sp³-hybridized carbons (Fsp3) is 0.300. The van der Waals surface area contributed by atoms with Gasteiger partial charge in [0.2, 0.25) is 0 Å². The average Bonchev–Trinajstić information content (AvgIpc) is 2.28. The van der Waals surface area contributed by atoms with E-state index in [1.165, 1.54) is 19.2 Å². The molecule has 0 heterocycles. The molecular formula is C10H12F3N3O. The number of carbonyl (C=O) groups is 1. The average molecular weight is 247 g/mol. The van der Waals surface area contributed by atoms with Crippen LogP contribution in [-0.2, 0) is 12.7 Å². The number of hydrogen-bond acceptors (Lipinski definition) is 2. The highest BCUT2D eigenvalue weighted by molar-refractivity contribution is 5.90. The SMILES string of the molecule is CNC(=O)Nc1ccc(CN)cc1C(F)(F)F. The van der Waals surface area contributed by atoms with Crippen LogP contribution < -0.4 is 16.4 Å². The molecule has 0 saturated carbocycles. The molecule has 1 rings (SSSR count). The van der Waals surface area contributed by atoms with E-state index in [1.54, 1.807) is 0 Å². The Hall–Kier alpha value is -1.76. The number of amides is 2. The van der Waals surface area contributed by atoms with E-state index in [0.29, 0.717) is 5.56 Å². The van der Waals surface area contributed by atoms with Crippen molar-refractivity contribution in [1.82, 2.24) is 5.32 Å². The lowest BCUT2D eigenvalue weighted by atomic mass is 10.1. The van der Waals surface area contributed by atoms with Crippen molar-refractivity contribution in [2.75, 3.05) is 12.4 Å². The van der Waals surface area contributed by atoms with Gasteiger partial charge >= 0.3 is 12.2 Å². The molecule has 0 spiro atoms. The van der Waals surface area contributed by atoms with E-state index in [4.69, 9.17) is 5.73 Å². The lowest BCUT2D eigenvalue weighted by molar-refractivity contribution is -0.137. The third-order valence-electron chi connectivity index (χ3n) is 2.10. The first kappa shape index (κ1) is 13.3. The molecule has 0 aromatic heterocycles. The highest BCUT2D eigenvalue weighted by atomic mass is 19.4. The Balaban J connectivity index is 3.16. The van der Waals surface area contributed by atoms with Gasteiger partial charge in [-0.1, -0.05) is 6.07 Å². The number of nitrogens with one attached hydrogen (secondary N) is 2. The largest absolute Gasteiger partial charge is 0.418 e. The maximum absolute atomic E-state index is 12.7. The number of carbonyl (C=O) groups excluding carboxylic acids is 1. The summed E-state index contributed by atoms with van der Waals surface area (Å²) in [7, 11) is 1.32. The quantitative estimate of drug-likeness (QED) is 0.747. The van der Waals surface area contributed by atoms with Crippen molar-refractivity contribution >= 4 is 11.7 Å². The van der Waals surface area contributed by atoms with Gasteiger partial charge in [0.1, 0.15) is 0 Å². The molecule has 0 radical (unpaired) electrons. The molecule has 0 atom stereocenters. The third kappa shape index (κ3) is 3.35. The summed E-state index contributed by atoms with van der Waals surface area (Å²) in [4.78, 5) is 11.0. The highest BCUT2D eigenvalue weighted by Gasteiger charge is 2.34. The van der Waals surface area contributed by atoms with Crippen LogP contribution in [0.25, 0.3) is 0 Å². The second-order valence-electron chi connectivity index (χ2n) is 3.29. The lowest BCUT2D eigenvalue weighted by Gasteiger charge is -2.14. The van der Waals surface area contributed by atoms with Crippen molar-refractivity contribution in [3.8, 4) is 0 Å². The monoisotopic (exact) mass is 247 g/mol. The summed E-state index contributed by atoms with van der Waals surface area (Å²) in [5.41, 5.74) is 4.41. The summed E-state index contributed by atoms with van der Waals surface area (Å²) in [5.74, 6) is 0. The molecule has 0 saturated heterocycles. The molecule has 0 aliphatic rings. The normalized spacial score (nSPS) is 11.1. The third-order valence-corrected chi connectivity index (χ3v) is 2.10. The van der Waals surface area contributed by atoms with Gasteiger partial charge in [0.25, 0.3) is 0 Å². The topological polar surface area (TPSA) is 67.2 Å². The zero-order valence-electron chi connectivity index (χ0n) is 9.06. The zero-order valence-corrected chi connectivity index (χ0v) is 9.06. The molecule has 94 valence electrons. The molecule has 0 bridgehead atoms. The van der Waals surface area contributed by atoms with Gasteiger partial charge in [0.05, 0.1) is 11.3 Å². The minimum absolute atomic E-state index is 0.00331. The van der Waals surface area contributed by atoms with Gasteiger partial charge in [-0.25, -0.2) is 4.79 Å². The minimum atomic E-state index is -4.54. The van der Waals surface area contributed by atoms with Gasteiger partial charge < -0.3 is 16.4 Å². The summed E-state index contributed by atoms with van der Waals surface area (Å²) in [5, 5.41) is 4.29. The predicted octanol–water partition coefficient (Wildman–Crippen LogP) is 1.92. The Morgan fingerprint density at radius 2 is 2.06 bits per heavy atom. The number of anilines is 1. The molecule has 1 aromatic rings. The van der Waals surface area contributed by atoms with Gasteiger partial charge in [0, 0.05) is 13.6 Å². The first-order valence-electron chi connectivity index (χ1n) is 4.77. The number of hydrogen-bond donors (Lipinski definition) is 3. The van der Waals surface area contributed by atoms with Crippen molar-refractivity contribution in [3.05, 3.63) is 29.3 Å². The fourth-order valence-electron chi connectivity index (χ4n) is 1.25. The molecule has 7 heteroatoms. The van der Waals surface area contributed by atoms with E-state index >= 15 is 0 Å². The minimum Gasteiger partial charge on any atom is -0.341 e. The molecule has 4 nitrogen and oxygen atoms in total. The van der Waals surface area contributed by atoms with Crippen LogP contribution in [0.15, 0.2) is 18.2 Å². The van der Waals surface area contributed by atoms with E-state index in [0.717, 1.165) is 6.07 Å². The van der Waals surface area contributed by atoms with Crippen LogP contribution in [-0.4, -0.2) is 13.1 Å². The molecule has 0 fully saturated rings. The highest BCUT2D eigenvalue weighted by Crippen LogP contribution is 2.35. The number of alkyl halides is 3. The number of rotatable bonds is 2. The van der Waals surface area contributed by atoms with Crippen LogP contribution in [0.4, 0.5) is 23.7 Å². The van der Waals surface area contributed by atoms with Gasteiger partial charge in [-0.3, -0.25) is 0 Å². The van der Waals surface area contributed by atoms with Crippen LogP contribution in [0.2, 0.25) is 0 Å². The summed E-state index contributed by atoms with van der Waals surface area (Å²) in [6.07, 6.45) is -4.54. The molecule has 0 aliphatic carbocycles. The smallest absolute Gasteiger partial charge is 0.341 e. The lowest BCUT2D eigenvalue weighted by Crippen LogP contribution is -2.26. The Bertz CT molecular complexity index is 418. The van der Waals surface area contributed by atoms with Crippen LogP contribution in [0.3, 0.4) is 0 Å². The molecule has 0 aliphatic heterocycles. The van der Waals surface area contributed by atoms with Crippen molar-refractivity contribution in [2.24, 2.45) is 5.73 Å². The molecule has 0 unspecified atom stereocenters. The van der Waals surface area contributed by atoms with E-state index in [9.17, 15) is 18.0 Å². The summed E-state index contributed by atoms with van der Waals surface area (Å²) in [6, 6.07) is 2.82. The van der Waals surface area contributed by atoms with E-state index in [2.05, 4.69) is 10.6 Å². The van der Waals surface area contributed by atoms with E-state index in [1.807, 2.05) is 0 Å². The summed E-state index contributed by atoms with van der Waals surface area (Å²) >= 11 is 0. The van der Waals surface area contributed by atoms with Gasteiger partial charge in [-0.2, -0.15) is 13.2 Å². The standard InChI is InChI=1S/C10H12F3N3O/c1-15-9(17)16-8-3-2-6(5-14)4-7(8)10(11,12)13/h2-4H,5,14H2,1H3,(H2,15,16,17). The molecule has 2 amide bonds. The zero-order chi connectivity index (χ0) is 13.1. The van der Waals surface area contributed by atoms with Gasteiger partial charge in [-0.15, -0.1) is 0 Å². The summed E-state index contributed by atoms with van der Waals surface area (Å²) in [6.45, 7) is 0.00331. The molecular weight excluding hydrogens is 235 g/mol. The summed E-state index contributed by atoms with van der Waals surface area (Å²) < 4.78 is 38.1. The Morgan fingerprint density at radius 1 is 1.41 bits per heavy atom. The van der Waals surface area contributed by atoms with Gasteiger partial charge in [-0.05, 0) is 17.7 Å². The molecule has 17 heavy (non-hydrogen) atoms. The van der Waals surface area contributed by atoms with Crippen molar-refractivity contribution < 1.29 is 18.0 Å². The van der Waals surface area contributed by atoms with Crippen LogP contribution >= 0.6 is 0 Å². The van der Waals surface area contributed by atoms with Crippen LogP contribution in [0.5, 0.6) is 0 Å². The molecule has 4 N–H and O–H groups in total. The Labute approximate surface area is 96.0 Å².